The second kappa shape index (κ2) is 6.59. The summed E-state index contributed by atoms with van der Waals surface area (Å²) in [6.45, 7) is 4.13. The molecule has 1 N–H and O–H groups in total. The molecule has 0 aliphatic carbocycles. The maximum absolute atomic E-state index is 11.9. The number of amides is 1. The van der Waals surface area contributed by atoms with Gasteiger partial charge in [-0.15, -0.1) is 0 Å². The van der Waals surface area contributed by atoms with E-state index in [0.29, 0.717) is 5.92 Å². The van der Waals surface area contributed by atoms with E-state index in [1.807, 2.05) is 31.2 Å². The van der Waals surface area contributed by atoms with Crippen molar-refractivity contribution in [2.24, 2.45) is 5.92 Å². The first kappa shape index (κ1) is 14.0. The van der Waals surface area contributed by atoms with Gasteiger partial charge < -0.3 is 5.32 Å². The summed E-state index contributed by atoms with van der Waals surface area (Å²) in [6.07, 6.45) is 0. The predicted molar refractivity (Wildman–Crippen MR) is 79.0 cm³/mol. The van der Waals surface area contributed by atoms with Crippen LogP contribution in [0, 0.1) is 9.49 Å². The van der Waals surface area contributed by atoms with Gasteiger partial charge in [0.05, 0.1) is 0 Å². The smallest absolute Gasteiger partial charge is 0.251 e. The fourth-order valence-corrected chi connectivity index (χ4v) is 2.30. The first-order valence-corrected chi connectivity index (χ1v) is 7.37. The zero-order valence-electron chi connectivity index (χ0n) is 9.34. The molecule has 0 saturated heterocycles. The predicted octanol–water partition coefficient (Wildman–Crippen LogP) is 3.44. The average molecular weight is 396 g/mol. The standard InChI is InChI=1S/C12H15BrINO/c1-8(7-13)9(2)15-12(16)10-4-3-5-11(14)6-10/h3-6,8-9H,7H2,1-2H3,(H,15,16). The van der Waals surface area contributed by atoms with E-state index in [4.69, 9.17) is 0 Å². The number of alkyl halides is 1. The van der Waals surface area contributed by atoms with Gasteiger partial charge in [0.15, 0.2) is 0 Å². The molecule has 0 aliphatic heterocycles. The minimum Gasteiger partial charge on any atom is -0.349 e. The Morgan fingerprint density at radius 1 is 1.50 bits per heavy atom. The van der Waals surface area contributed by atoms with Crippen LogP contribution in [0.3, 0.4) is 0 Å². The van der Waals surface area contributed by atoms with Crippen LogP contribution >= 0.6 is 38.5 Å². The molecule has 4 heteroatoms. The highest BCUT2D eigenvalue weighted by Gasteiger charge is 2.14. The Labute approximate surface area is 118 Å². The van der Waals surface area contributed by atoms with Crippen LogP contribution in [0.5, 0.6) is 0 Å². The van der Waals surface area contributed by atoms with Gasteiger partial charge in [0.2, 0.25) is 0 Å². The monoisotopic (exact) mass is 395 g/mol. The molecule has 1 rings (SSSR count). The highest BCUT2D eigenvalue weighted by atomic mass is 127. The normalized spacial score (nSPS) is 14.2. The van der Waals surface area contributed by atoms with E-state index < -0.39 is 0 Å². The molecule has 2 nitrogen and oxygen atoms in total. The molecular weight excluding hydrogens is 381 g/mol. The fourth-order valence-electron chi connectivity index (χ4n) is 1.20. The van der Waals surface area contributed by atoms with E-state index in [1.54, 1.807) is 0 Å². The van der Waals surface area contributed by atoms with Crippen molar-refractivity contribution < 1.29 is 4.79 Å². The van der Waals surface area contributed by atoms with Gasteiger partial charge in [-0.2, -0.15) is 0 Å². The van der Waals surface area contributed by atoms with E-state index in [-0.39, 0.29) is 11.9 Å². The van der Waals surface area contributed by atoms with E-state index in [2.05, 4.69) is 50.8 Å². The highest BCUT2D eigenvalue weighted by Crippen LogP contribution is 2.10. The van der Waals surface area contributed by atoms with E-state index in [0.717, 1.165) is 14.5 Å². The lowest BCUT2D eigenvalue weighted by Gasteiger charge is -2.19. The van der Waals surface area contributed by atoms with E-state index in [1.165, 1.54) is 0 Å². The molecule has 0 fully saturated rings. The van der Waals surface area contributed by atoms with Gasteiger partial charge in [-0.05, 0) is 53.6 Å². The van der Waals surface area contributed by atoms with E-state index in [9.17, 15) is 4.79 Å². The highest BCUT2D eigenvalue weighted by molar-refractivity contribution is 14.1. The first-order valence-electron chi connectivity index (χ1n) is 5.17. The van der Waals surface area contributed by atoms with E-state index >= 15 is 0 Å². The topological polar surface area (TPSA) is 29.1 Å². The van der Waals surface area contributed by atoms with Gasteiger partial charge in [-0.3, -0.25) is 4.79 Å². The number of benzene rings is 1. The molecule has 1 aromatic carbocycles. The molecule has 0 saturated carbocycles. The van der Waals surface area contributed by atoms with Crippen molar-refractivity contribution in [3.63, 3.8) is 0 Å². The van der Waals surface area contributed by atoms with Crippen molar-refractivity contribution in [1.82, 2.24) is 5.32 Å². The lowest BCUT2D eigenvalue weighted by Crippen LogP contribution is -2.37. The zero-order chi connectivity index (χ0) is 12.1. The minimum absolute atomic E-state index is 0.00110. The number of rotatable bonds is 4. The van der Waals surface area contributed by atoms with Crippen molar-refractivity contribution in [2.75, 3.05) is 5.33 Å². The van der Waals surface area contributed by atoms with Crippen LogP contribution in [-0.2, 0) is 0 Å². The summed E-state index contributed by atoms with van der Waals surface area (Å²) < 4.78 is 1.08. The summed E-state index contributed by atoms with van der Waals surface area (Å²) in [7, 11) is 0. The van der Waals surface area contributed by atoms with Crippen molar-refractivity contribution in [3.05, 3.63) is 33.4 Å². The van der Waals surface area contributed by atoms with Gasteiger partial charge >= 0.3 is 0 Å². The van der Waals surface area contributed by atoms with Gasteiger partial charge in [0.1, 0.15) is 0 Å². The Kier molecular flexibility index (Phi) is 5.75. The van der Waals surface area contributed by atoms with Crippen molar-refractivity contribution >= 4 is 44.4 Å². The molecule has 0 aliphatic rings. The Hall–Kier alpha value is -0.100. The molecule has 1 aromatic rings. The van der Waals surface area contributed by atoms with Crippen LogP contribution in [0.1, 0.15) is 24.2 Å². The second-order valence-corrected chi connectivity index (χ2v) is 5.80. The number of hydrogen-bond donors (Lipinski definition) is 1. The summed E-state index contributed by atoms with van der Waals surface area (Å²) in [5.41, 5.74) is 0.723. The summed E-state index contributed by atoms with van der Waals surface area (Å²) in [5, 5.41) is 3.89. The van der Waals surface area contributed by atoms with Crippen molar-refractivity contribution in [3.8, 4) is 0 Å². The molecular formula is C12H15BrINO. The number of carbonyl (C=O) groups excluding carboxylic acids is 1. The maximum atomic E-state index is 11.9. The number of hydrogen-bond acceptors (Lipinski definition) is 1. The first-order chi connectivity index (χ1) is 7.54. The lowest BCUT2D eigenvalue weighted by molar-refractivity contribution is 0.0931. The van der Waals surface area contributed by atoms with Gasteiger partial charge in [-0.25, -0.2) is 0 Å². The minimum atomic E-state index is -0.00110. The molecule has 0 spiro atoms. The van der Waals surface area contributed by atoms with Crippen molar-refractivity contribution in [2.45, 2.75) is 19.9 Å². The summed E-state index contributed by atoms with van der Waals surface area (Å²) >= 11 is 5.63. The molecule has 88 valence electrons. The summed E-state index contributed by atoms with van der Waals surface area (Å²) in [5.74, 6) is 0.422. The Morgan fingerprint density at radius 2 is 2.19 bits per heavy atom. The van der Waals surface area contributed by atoms with Crippen LogP contribution in [0.2, 0.25) is 0 Å². The summed E-state index contributed by atoms with van der Waals surface area (Å²) in [6, 6.07) is 7.77. The molecule has 0 radical (unpaired) electrons. The largest absolute Gasteiger partial charge is 0.349 e. The molecule has 1 amide bonds. The molecule has 2 atom stereocenters. The lowest BCUT2D eigenvalue weighted by atomic mass is 10.1. The van der Waals surface area contributed by atoms with Crippen LogP contribution in [-0.4, -0.2) is 17.3 Å². The quantitative estimate of drug-likeness (QED) is 0.614. The molecule has 0 aromatic heterocycles. The average Bonchev–Trinajstić information content (AvgIpc) is 2.27. The number of carbonyl (C=O) groups is 1. The van der Waals surface area contributed by atoms with Crippen LogP contribution in [0.4, 0.5) is 0 Å². The number of nitrogens with one attached hydrogen (secondary N) is 1. The van der Waals surface area contributed by atoms with Gasteiger partial charge in [-0.1, -0.05) is 28.9 Å². The van der Waals surface area contributed by atoms with Crippen LogP contribution in [0.15, 0.2) is 24.3 Å². The molecule has 16 heavy (non-hydrogen) atoms. The Balaban J connectivity index is 2.66. The molecule has 2 unspecified atom stereocenters. The Morgan fingerprint density at radius 3 is 2.75 bits per heavy atom. The maximum Gasteiger partial charge on any atom is 0.251 e. The van der Waals surface area contributed by atoms with Crippen molar-refractivity contribution in [1.29, 1.82) is 0 Å². The van der Waals surface area contributed by atoms with Crippen LogP contribution in [0.25, 0.3) is 0 Å². The van der Waals surface area contributed by atoms with Gasteiger partial charge in [0, 0.05) is 20.5 Å². The second-order valence-electron chi connectivity index (χ2n) is 3.90. The van der Waals surface area contributed by atoms with Crippen LogP contribution < -0.4 is 5.32 Å². The zero-order valence-corrected chi connectivity index (χ0v) is 13.1. The molecule has 0 heterocycles. The third-order valence-electron chi connectivity index (χ3n) is 2.54. The fraction of sp³-hybridized carbons (Fsp3) is 0.417. The Bertz CT molecular complexity index is 370. The third kappa shape index (κ3) is 4.05. The number of halogens is 2. The molecule has 0 bridgehead atoms. The SMILES string of the molecule is CC(CBr)C(C)NC(=O)c1cccc(I)c1. The third-order valence-corrected chi connectivity index (χ3v) is 4.23. The summed E-state index contributed by atoms with van der Waals surface area (Å²) in [4.78, 5) is 11.9. The van der Waals surface area contributed by atoms with Gasteiger partial charge in [0.25, 0.3) is 5.91 Å².